The van der Waals surface area contributed by atoms with Gasteiger partial charge in [-0.05, 0) is 38.2 Å². The number of rotatable bonds is 11. The number of cyclic esters (lactones) is 1. The Hall–Kier alpha value is -4.08. The predicted octanol–water partition coefficient (Wildman–Crippen LogP) is 5.05. The van der Waals surface area contributed by atoms with E-state index in [4.69, 9.17) is 23.7 Å². The van der Waals surface area contributed by atoms with E-state index >= 15 is 0 Å². The Balaban J connectivity index is 1.92. The number of carbonyl (C=O) groups excluding carboxylic acids is 4. The molecular formula is C44H65NO13. The summed E-state index contributed by atoms with van der Waals surface area (Å²) >= 11 is 0. The second kappa shape index (κ2) is 21.3. The number of allylic oxidation sites excluding steroid dienone is 7. The van der Waals surface area contributed by atoms with Crippen molar-refractivity contribution >= 4 is 23.6 Å². The van der Waals surface area contributed by atoms with E-state index in [1.165, 1.54) is 20.3 Å². The second-order valence-electron chi connectivity index (χ2n) is 16.5. The Morgan fingerprint density at radius 3 is 2.29 bits per heavy atom. The molecule has 0 saturated carbocycles. The fraction of sp³-hybridized carbons (Fsp3) is 0.636. The van der Waals surface area contributed by atoms with Gasteiger partial charge in [-0.2, -0.15) is 0 Å². The summed E-state index contributed by atoms with van der Waals surface area (Å²) in [6.07, 6.45) is 5.61. The zero-order chi connectivity index (χ0) is 43.6. The van der Waals surface area contributed by atoms with Crippen molar-refractivity contribution in [2.45, 2.75) is 130 Å². The van der Waals surface area contributed by atoms with E-state index in [0.717, 1.165) is 17.7 Å². The molecule has 0 aromatic heterocycles. The van der Waals surface area contributed by atoms with Crippen molar-refractivity contribution in [1.82, 2.24) is 5.32 Å². The predicted molar refractivity (Wildman–Crippen MR) is 215 cm³/mol. The van der Waals surface area contributed by atoms with Crippen molar-refractivity contribution in [3.8, 4) is 0 Å². The monoisotopic (exact) mass is 815 g/mol. The maximum atomic E-state index is 13.7. The van der Waals surface area contributed by atoms with Gasteiger partial charge < -0.3 is 49.4 Å². The quantitative estimate of drug-likeness (QED) is 0.137. The van der Waals surface area contributed by atoms with E-state index in [9.17, 15) is 39.6 Å². The Kier molecular flexibility index (Phi) is 17.7. The normalized spacial score (nSPS) is 35.5. The molecule has 0 radical (unpaired) electrons. The lowest BCUT2D eigenvalue weighted by Gasteiger charge is -2.50. The molecule has 1 aliphatic carbocycles. The second-order valence-corrected chi connectivity index (χ2v) is 16.5. The van der Waals surface area contributed by atoms with Crippen LogP contribution in [0, 0.1) is 35.5 Å². The van der Waals surface area contributed by atoms with Gasteiger partial charge in [0.25, 0.3) is 0 Å². The average molecular weight is 816 g/mol. The smallest absolute Gasteiger partial charge is 0.373 e. The summed E-state index contributed by atoms with van der Waals surface area (Å²) < 4.78 is 29.5. The van der Waals surface area contributed by atoms with Crippen LogP contribution in [0.3, 0.4) is 0 Å². The molecule has 12 atom stereocenters. The van der Waals surface area contributed by atoms with E-state index in [2.05, 4.69) is 5.32 Å². The number of aliphatic hydroxyl groups excluding tert-OH is 3. The zero-order valence-electron chi connectivity index (χ0n) is 35.8. The van der Waals surface area contributed by atoms with Gasteiger partial charge in [-0.15, -0.1) is 0 Å². The summed E-state index contributed by atoms with van der Waals surface area (Å²) in [5.41, 5.74) is 1.48. The van der Waals surface area contributed by atoms with Crippen LogP contribution >= 0.6 is 0 Å². The van der Waals surface area contributed by atoms with Crippen molar-refractivity contribution < 1.29 is 63.3 Å². The number of hydrogen-bond acceptors (Lipinski definition) is 13. The Morgan fingerprint density at radius 1 is 1.03 bits per heavy atom. The van der Waals surface area contributed by atoms with Gasteiger partial charge in [-0.3, -0.25) is 9.59 Å². The average Bonchev–Trinajstić information content (AvgIpc) is 3.48. The van der Waals surface area contributed by atoms with Gasteiger partial charge in [0.05, 0.1) is 25.4 Å². The first-order valence-corrected chi connectivity index (χ1v) is 20.1. The molecule has 324 valence electrons. The minimum Gasteiger partial charge on any atom is -0.510 e. The van der Waals surface area contributed by atoms with Crippen LogP contribution in [0.15, 0.2) is 70.9 Å². The van der Waals surface area contributed by atoms with Crippen LogP contribution in [0.2, 0.25) is 0 Å². The van der Waals surface area contributed by atoms with Gasteiger partial charge in [-0.25, -0.2) is 9.59 Å². The fourth-order valence-electron chi connectivity index (χ4n) is 7.95. The van der Waals surface area contributed by atoms with E-state index in [1.807, 2.05) is 53.7 Å². The van der Waals surface area contributed by atoms with Crippen molar-refractivity contribution in [3.05, 3.63) is 70.9 Å². The summed E-state index contributed by atoms with van der Waals surface area (Å²) in [4.78, 5) is 51.1. The van der Waals surface area contributed by atoms with Crippen molar-refractivity contribution in [2.24, 2.45) is 35.5 Å². The molecule has 2 heterocycles. The molecular weight excluding hydrogens is 750 g/mol. The van der Waals surface area contributed by atoms with Gasteiger partial charge >= 0.3 is 11.9 Å². The molecule has 0 aromatic carbocycles. The standard InChI is InChI=1S/C44H65NO13/c1-23(2)41-28(7)35(56-37(49)18-17-36(48)45-38-31(46)15-16-32(38)47)22-44(53,58-41)30(9)40(51)29(8)42-33(54-10)14-12-13-24(3)19-26(5)39(50)27(6)20-25(4)21-34(55-11)43(52)57-42/h12-14,17-18,20-21,23,26-30,33,35,39-42,46,50-51,53H,15-16,19,22H2,1-11H3,(H,45,48)/b14-12+,18-17+,24-13+,25-20+,34-21-/t26-,27+,28-,29-,30-,33-,35+,39-,40+,41+,42+,44+/m0/s1. The van der Waals surface area contributed by atoms with Crippen LogP contribution in [0.25, 0.3) is 0 Å². The SMILES string of the molecule is CO/C1=C\C(C)=C\[C@@H](C)[C@@H](O)[C@@H](C)C/C(C)=C/C=C/[C@H](OC)[C@@H]([C@@H](C)[C@@H](O)[C@H](C)[C@@]2(O)C[C@@H](OC(=O)/C=C/C(=O)NC3=C(O)CCC3=O)[C@H](C)[C@@H](C(C)C)O2)OC1=O. The molecule has 1 fully saturated rings. The Morgan fingerprint density at radius 2 is 1.71 bits per heavy atom. The lowest BCUT2D eigenvalue weighted by molar-refractivity contribution is -0.329. The number of methoxy groups -OCH3 is 2. The van der Waals surface area contributed by atoms with Crippen molar-refractivity contribution in [3.63, 3.8) is 0 Å². The third kappa shape index (κ3) is 12.5. The number of nitrogens with one attached hydrogen (secondary N) is 1. The highest BCUT2D eigenvalue weighted by atomic mass is 16.6. The topological polar surface area (TPSA) is 207 Å². The third-order valence-electron chi connectivity index (χ3n) is 11.5. The maximum Gasteiger partial charge on any atom is 0.373 e. The van der Waals surface area contributed by atoms with Crippen LogP contribution in [0.5, 0.6) is 0 Å². The van der Waals surface area contributed by atoms with Crippen molar-refractivity contribution in [2.75, 3.05) is 14.2 Å². The lowest BCUT2D eigenvalue weighted by atomic mass is 9.76. The van der Waals surface area contributed by atoms with Gasteiger partial charge in [0.15, 0.2) is 11.6 Å². The first kappa shape index (κ1) is 48.3. The minimum absolute atomic E-state index is 0.0594. The molecule has 14 nitrogen and oxygen atoms in total. The summed E-state index contributed by atoms with van der Waals surface area (Å²) in [5.74, 6) is -8.07. The van der Waals surface area contributed by atoms with E-state index in [0.29, 0.717) is 12.0 Å². The highest BCUT2D eigenvalue weighted by Crippen LogP contribution is 2.42. The van der Waals surface area contributed by atoms with E-state index in [1.54, 1.807) is 32.9 Å². The van der Waals surface area contributed by atoms with Crippen LogP contribution in [-0.2, 0) is 42.9 Å². The van der Waals surface area contributed by atoms with Crippen LogP contribution in [-0.4, -0.2) is 101 Å². The molecule has 0 spiro atoms. The highest BCUT2D eigenvalue weighted by molar-refractivity contribution is 6.04. The van der Waals surface area contributed by atoms with Gasteiger partial charge in [-0.1, -0.05) is 83.9 Å². The van der Waals surface area contributed by atoms with E-state index < -0.39 is 83.8 Å². The first-order valence-electron chi connectivity index (χ1n) is 20.1. The lowest BCUT2D eigenvalue weighted by Crippen LogP contribution is -2.59. The first-order chi connectivity index (χ1) is 27.1. The maximum absolute atomic E-state index is 13.7. The van der Waals surface area contributed by atoms with Crippen LogP contribution < -0.4 is 5.32 Å². The molecule has 2 aliphatic heterocycles. The van der Waals surface area contributed by atoms with Crippen molar-refractivity contribution in [1.29, 1.82) is 0 Å². The summed E-state index contributed by atoms with van der Waals surface area (Å²) in [6.45, 7) is 16.5. The molecule has 1 amide bonds. The van der Waals surface area contributed by atoms with Crippen LogP contribution in [0.1, 0.15) is 88.0 Å². The summed E-state index contributed by atoms with van der Waals surface area (Å²) in [5, 5.41) is 47.4. The van der Waals surface area contributed by atoms with Crippen LogP contribution in [0.4, 0.5) is 0 Å². The molecule has 14 heteroatoms. The Labute approximate surface area is 342 Å². The number of amides is 1. The highest BCUT2D eigenvalue weighted by Gasteiger charge is 2.53. The van der Waals surface area contributed by atoms with Gasteiger partial charge in [0.1, 0.15) is 29.8 Å². The molecule has 3 rings (SSSR count). The van der Waals surface area contributed by atoms with Gasteiger partial charge in [0.2, 0.25) is 11.7 Å². The van der Waals surface area contributed by atoms with Gasteiger partial charge in [0, 0.05) is 62.2 Å². The minimum atomic E-state index is -2.04. The molecule has 5 N–H and O–H groups in total. The third-order valence-corrected chi connectivity index (χ3v) is 11.5. The molecule has 0 unspecified atom stereocenters. The van der Waals surface area contributed by atoms with E-state index in [-0.39, 0.29) is 54.2 Å². The number of carbonyl (C=O) groups is 4. The summed E-state index contributed by atoms with van der Waals surface area (Å²) in [7, 11) is 2.79. The number of ether oxygens (including phenoxy) is 5. The Bertz CT molecular complexity index is 1670. The molecule has 0 bridgehead atoms. The number of aliphatic hydroxyl groups is 4. The number of ketones is 1. The number of esters is 2. The molecule has 3 aliphatic rings. The number of hydrogen-bond donors (Lipinski definition) is 5. The molecule has 1 saturated heterocycles. The molecule has 58 heavy (non-hydrogen) atoms. The largest absolute Gasteiger partial charge is 0.510 e. The molecule has 0 aromatic rings. The fourth-order valence-corrected chi connectivity index (χ4v) is 7.95. The zero-order valence-corrected chi connectivity index (χ0v) is 35.8. The summed E-state index contributed by atoms with van der Waals surface area (Å²) in [6, 6.07) is 0. The number of Topliss-reactive ketones (excluding diaryl/α,β-unsaturated/α-hetero) is 1.